The fourth-order valence-electron chi connectivity index (χ4n) is 2.87. The number of aliphatic carboxylic acids is 1. The first kappa shape index (κ1) is 22.3. The van der Waals surface area contributed by atoms with Crippen molar-refractivity contribution in [2.24, 2.45) is 0 Å². The molecule has 2 aromatic rings. The molecule has 1 aromatic carbocycles. The van der Waals surface area contributed by atoms with Gasteiger partial charge in [0.15, 0.2) is 0 Å². The summed E-state index contributed by atoms with van der Waals surface area (Å²) in [6, 6.07) is 7.76. The van der Waals surface area contributed by atoms with Crippen LogP contribution in [0.4, 0.5) is 13.2 Å². The van der Waals surface area contributed by atoms with Crippen LogP contribution < -0.4 is 4.74 Å². The third-order valence-corrected chi connectivity index (χ3v) is 4.31. The lowest BCUT2D eigenvalue weighted by Crippen LogP contribution is -2.43. The zero-order chi connectivity index (χ0) is 21.8. The standard InChI is InChI=1S/C19H21F3N2O5/c1-11(25)29-15(18(26)27)19(2,3)13-6-4-5-7-14(13)28-10-12-8-9-23-24(12)17(22)16(20)21/h4-9,15-17H,10H2,1-3H3,(H,26,27). The number of benzene rings is 1. The highest BCUT2D eigenvalue weighted by Crippen LogP contribution is 2.36. The highest BCUT2D eigenvalue weighted by atomic mass is 19.3. The van der Waals surface area contributed by atoms with Gasteiger partial charge < -0.3 is 14.6 Å². The van der Waals surface area contributed by atoms with Gasteiger partial charge >= 0.3 is 11.9 Å². The minimum Gasteiger partial charge on any atom is -0.487 e. The number of para-hydroxylation sites is 1. The third-order valence-electron chi connectivity index (χ3n) is 4.31. The molecule has 0 aliphatic rings. The highest BCUT2D eigenvalue weighted by Gasteiger charge is 2.41. The molecule has 1 heterocycles. The van der Waals surface area contributed by atoms with Gasteiger partial charge in [0.2, 0.25) is 6.10 Å². The predicted molar refractivity (Wildman–Crippen MR) is 95.4 cm³/mol. The minimum absolute atomic E-state index is 0.0696. The summed E-state index contributed by atoms with van der Waals surface area (Å²) in [5.74, 6) is -1.86. The van der Waals surface area contributed by atoms with Gasteiger partial charge in [-0.1, -0.05) is 32.0 Å². The van der Waals surface area contributed by atoms with E-state index in [4.69, 9.17) is 9.47 Å². The molecule has 0 aliphatic heterocycles. The molecule has 0 aliphatic carbocycles. The van der Waals surface area contributed by atoms with E-state index in [1.165, 1.54) is 12.3 Å². The van der Waals surface area contributed by atoms with E-state index >= 15 is 0 Å². The van der Waals surface area contributed by atoms with Crippen LogP contribution >= 0.6 is 0 Å². The van der Waals surface area contributed by atoms with Crippen LogP contribution in [0.1, 0.15) is 38.3 Å². The molecule has 1 N–H and O–H groups in total. The number of rotatable bonds is 9. The number of hydrogen-bond donors (Lipinski definition) is 1. The second-order valence-electron chi connectivity index (χ2n) is 6.81. The minimum atomic E-state index is -3.25. The van der Waals surface area contributed by atoms with Crippen LogP contribution in [0.5, 0.6) is 5.75 Å². The Morgan fingerprint density at radius 1 is 1.21 bits per heavy atom. The molecule has 1 aromatic heterocycles. The number of carboxylic acids is 1. The molecule has 0 amide bonds. The van der Waals surface area contributed by atoms with E-state index in [2.05, 4.69) is 5.10 Å². The van der Waals surface area contributed by atoms with Crippen LogP contribution in [0, 0.1) is 0 Å². The second-order valence-corrected chi connectivity index (χ2v) is 6.81. The van der Waals surface area contributed by atoms with Crippen LogP contribution in [-0.4, -0.2) is 39.4 Å². The molecule has 0 fully saturated rings. The van der Waals surface area contributed by atoms with Gasteiger partial charge in [0, 0.05) is 24.1 Å². The van der Waals surface area contributed by atoms with Crippen LogP contribution in [0.2, 0.25) is 0 Å². The highest BCUT2D eigenvalue weighted by molar-refractivity contribution is 5.79. The number of carbonyl (C=O) groups is 2. The van der Waals surface area contributed by atoms with Crippen LogP contribution in [0.15, 0.2) is 36.5 Å². The summed E-state index contributed by atoms with van der Waals surface area (Å²) >= 11 is 0. The van der Waals surface area contributed by atoms with Crippen molar-refractivity contribution in [3.63, 3.8) is 0 Å². The summed E-state index contributed by atoms with van der Waals surface area (Å²) in [6.45, 7) is 3.95. The Bertz CT molecular complexity index is 869. The van der Waals surface area contributed by atoms with Gasteiger partial charge in [0.1, 0.15) is 12.4 Å². The first-order valence-corrected chi connectivity index (χ1v) is 8.62. The van der Waals surface area contributed by atoms with Crippen molar-refractivity contribution in [1.82, 2.24) is 9.78 Å². The van der Waals surface area contributed by atoms with Crippen LogP contribution in [-0.2, 0) is 26.3 Å². The molecule has 158 valence electrons. The average molecular weight is 414 g/mol. The zero-order valence-electron chi connectivity index (χ0n) is 16.0. The molecular weight excluding hydrogens is 393 g/mol. The summed E-state index contributed by atoms with van der Waals surface area (Å²) < 4.78 is 50.1. The Morgan fingerprint density at radius 3 is 2.45 bits per heavy atom. The number of aromatic nitrogens is 2. The van der Waals surface area contributed by atoms with E-state index in [1.54, 1.807) is 38.1 Å². The number of alkyl halides is 3. The van der Waals surface area contributed by atoms with E-state index in [9.17, 15) is 27.9 Å². The largest absolute Gasteiger partial charge is 0.487 e. The number of carbonyl (C=O) groups excluding carboxylic acids is 1. The van der Waals surface area contributed by atoms with Gasteiger partial charge in [0.25, 0.3) is 12.7 Å². The number of esters is 1. The summed E-state index contributed by atoms with van der Waals surface area (Å²) in [5, 5.41) is 13.0. The topological polar surface area (TPSA) is 90.7 Å². The molecule has 7 nitrogen and oxygen atoms in total. The number of ether oxygens (including phenoxy) is 2. The lowest BCUT2D eigenvalue weighted by atomic mass is 9.78. The number of hydrogen-bond acceptors (Lipinski definition) is 5. The quantitative estimate of drug-likeness (QED) is 0.632. The molecule has 29 heavy (non-hydrogen) atoms. The molecular formula is C19H21F3N2O5. The van der Waals surface area contributed by atoms with Gasteiger partial charge in [-0.3, -0.25) is 4.79 Å². The average Bonchev–Trinajstić information content (AvgIpc) is 3.11. The Balaban J connectivity index is 2.31. The second kappa shape index (κ2) is 8.97. The van der Waals surface area contributed by atoms with Gasteiger partial charge in [0.05, 0.1) is 5.69 Å². The van der Waals surface area contributed by atoms with E-state index in [0.717, 1.165) is 6.92 Å². The fourth-order valence-corrected chi connectivity index (χ4v) is 2.87. The summed E-state index contributed by atoms with van der Waals surface area (Å²) in [7, 11) is 0. The lowest BCUT2D eigenvalue weighted by Gasteiger charge is -2.32. The van der Waals surface area contributed by atoms with E-state index in [1.807, 2.05) is 0 Å². The molecule has 0 saturated heterocycles. The third kappa shape index (κ3) is 5.07. The molecule has 2 rings (SSSR count). The summed E-state index contributed by atoms with van der Waals surface area (Å²) in [4.78, 5) is 23.0. The summed E-state index contributed by atoms with van der Waals surface area (Å²) in [6.07, 6.45) is -6.19. The van der Waals surface area contributed by atoms with Crippen molar-refractivity contribution in [3.8, 4) is 5.75 Å². The lowest BCUT2D eigenvalue weighted by molar-refractivity contribution is -0.167. The van der Waals surface area contributed by atoms with Crippen molar-refractivity contribution in [2.45, 2.75) is 51.6 Å². The maximum absolute atomic E-state index is 13.6. The van der Waals surface area contributed by atoms with E-state index in [0.29, 0.717) is 10.2 Å². The van der Waals surface area contributed by atoms with Gasteiger partial charge in [-0.2, -0.15) is 5.10 Å². The molecule has 0 spiro atoms. The van der Waals surface area contributed by atoms with E-state index < -0.39 is 36.2 Å². The summed E-state index contributed by atoms with van der Waals surface area (Å²) in [5.41, 5.74) is -0.717. The normalized spacial score (nSPS) is 13.8. The van der Waals surface area contributed by atoms with E-state index in [-0.39, 0.29) is 18.1 Å². The maximum atomic E-state index is 13.6. The smallest absolute Gasteiger partial charge is 0.345 e. The van der Waals surface area contributed by atoms with Crippen LogP contribution in [0.25, 0.3) is 0 Å². The number of nitrogens with zero attached hydrogens (tertiary/aromatic N) is 2. The SMILES string of the molecule is CC(=O)OC(C(=O)O)C(C)(C)c1ccccc1OCc1ccnn1C(F)C(F)F. The molecule has 2 atom stereocenters. The molecule has 0 bridgehead atoms. The molecule has 10 heteroatoms. The van der Waals surface area contributed by atoms with Crippen molar-refractivity contribution >= 4 is 11.9 Å². The van der Waals surface area contributed by atoms with Crippen LogP contribution in [0.3, 0.4) is 0 Å². The first-order valence-electron chi connectivity index (χ1n) is 8.62. The maximum Gasteiger partial charge on any atom is 0.345 e. The Kier molecular flexibility index (Phi) is 6.89. The fraction of sp³-hybridized carbons (Fsp3) is 0.421. The van der Waals surface area contributed by atoms with Gasteiger partial charge in [-0.25, -0.2) is 22.6 Å². The zero-order valence-corrected chi connectivity index (χ0v) is 16.0. The molecule has 0 saturated carbocycles. The monoisotopic (exact) mass is 414 g/mol. The number of halogens is 3. The predicted octanol–water partition coefficient (Wildman–Crippen LogP) is 3.49. The Morgan fingerprint density at radius 2 is 1.86 bits per heavy atom. The van der Waals surface area contributed by atoms with Crippen molar-refractivity contribution in [3.05, 3.63) is 47.8 Å². The molecule has 2 unspecified atom stereocenters. The number of carboxylic acid groups (broad SMARTS) is 1. The first-order chi connectivity index (χ1) is 13.6. The van der Waals surface area contributed by atoms with Gasteiger partial charge in [-0.05, 0) is 12.1 Å². The van der Waals surface area contributed by atoms with Crippen molar-refractivity contribution in [1.29, 1.82) is 0 Å². The van der Waals surface area contributed by atoms with Crippen molar-refractivity contribution in [2.75, 3.05) is 0 Å². The Hall–Kier alpha value is -3.04. The molecule has 0 radical (unpaired) electrons. The van der Waals surface area contributed by atoms with Gasteiger partial charge in [-0.15, -0.1) is 0 Å². The Labute approximate surface area is 165 Å². The van der Waals surface area contributed by atoms with Crippen molar-refractivity contribution < 1.29 is 37.3 Å².